The summed E-state index contributed by atoms with van der Waals surface area (Å²) in [6, 6.07) is 25.3. The van der Waals surface area contributed by atoms with Gasteiger partial charge in [-0.2, -0.15) is 0 Å². The molecule has 0 saturated carbocycles. The molecule has 0 unspecified atom stereocenters. The molecule has 3 heterocycles. The van der Waals surface area contributed by atoms with Crippen LogP contribution in [0.25, 0.3) is 21.3 Å². The first-order chi connectivity index (χ1) is 19.4. The number of ether oxygens (including phenoxy) is 3. The van der Waals surface area contributed by atoms with Crippen molar-refractivity contribution >= 4 is 34.2 Å². The average molecular weight is 552 g/mol. The topological polar surface area (TPSA) is 66.8 Å². The van der Waals surface area contributed by atoms with Gasteiger partial charge in [-0.25, -0.2) is 9.59 Å². The number of carbonyl (C=O) groups is 2. The van der Waals surface area contributed by atoms with Crippen LogP contribution in [-0.4, -0.2) is 29.7 Å². The minimum Gasteiger partial charge on any atom is -0.465 e. The molecule has 0 amide bonds. The van der Waals surface area contributed by atoms with Crippen molar-refractivity contribution in [2.45, 2.75) is 38.7 Å². The summed E-state index contributed by atoms with van der Waals surface area (Å²) in [5.41, 5.74) is 5.72. The van der Waals surface area contributed by atoms with Crippen molar-refractivity contribution in [3.05, 3.63) is 118 Å². The quantitative estimate of drug-likeness (QED) is 0.203. The molecule has 2 aromatic heterocycles. The smallest absolute Gasteiger partial charge is 0.338 e. The third kappa shape index (κ3) is 4.83. The van der Waals surface area contributed by atoms with Gasteiger partial charge in [0, 0.05) is 28.4 Å². The molecular formula is C33H29NO5S. The first-order valence-corrected chi connectivity index (χ1v) is 14.1. The number of aryl methyl sites for hydroxylation is 2. The van der Waals surface area contributed by atoms with Crippen LogP contribution in [0.15, 0.2) is 90.4 Å². The Hall–Kier alpha value is -4.20. The van der Waals surface area contributed by atoms with Crippen LogP contribution < -0.4 is 0 Å². The van der Waals surface area contributed by atoms with E-state index in [1.807, 2.05) is 56.4 Å². The number of benzene rings is 3. The van der Waals surface area contributed by atoms with Crippen molar-refractivity contribution in [1.82, 2.24) is 4.57 Å². The van der Waals surface area contributed by atoms with Crippen LogP contribution in [-0.2, 0) is 14.2 Å². The molecule has 0 bridgehead atoms. The number of fused-ring (bicyclic) bond motifs is 1. The summed E-state index contributed by atoms with van der Waals surface area (Å²) < 4.78 is 19.9. The number of esters is 2. The van der Waals surface area contributed by atoms with Crippen molar-refractivity contribution in [2.75, 3.05) is 7.11 Å². The number of hydrogen-bond acceptors (Lipinski definition) is 6. The van der Waals surface area contributed by atoms with Crippen molar-refractivity contribution in [2.24, 2.45) is 0 Å². The fourth-order valence-corrected chi connectivity index (χ4v) is 6.16. The van der Waals surface area contributed by atoms with Gasteiger partial charge in [0.15, 0.2) is 0 Å². The minimum absolute atomic E-state index is 0.396. The fraction of sp³-hybridized carbons (Fsp3) is 0.212. The number of thiophene rings is 1. The zero-order valence-corrected chi connectivity index (χ0v) is 23.3. The highest BCUT2D eigenvalue weighted by atomic mass is 32.1. The summed E-state index contributed by atoms with van der Waals surface area (Å²) in [5, 5.41) is 3.19. The largest absolute Gasteiger partial charge is 0.465 e. The van der Waals surface area contributed by atoms with E-state index in [4.69, 9.17) is 14.2 Å². The van der Waals surface area contributed by atoms with E-state index in [0.29, 0.717) is 23.1 Å². The third-order valence-corrected chi connectivity index (χ3v) is 8.30. The number of methoxy groups -OCH3 is 1. The van der Waals surface area contributed by atoms with Crippen LogP contribution in [0.4, 0.5) is 0 Å². The van der Waals surface area contributed by atoms with Crippen LogP contribution in [0.2, 0.25) is 0 Å². The van der Waals surface area contributed by atoms with Crippen LogP contribution in [0, 0.1) is 13.8 Å². The predicted molar refractivity (Wildman–Crippen MR) is 156 cm³/mol. The summed E-state index contributed by atoms with van der Waals surface area (Å²) in [6.45, 7) is 3.92. The molecule has 3 aromatic carbocycles. The molecule has 7 heteroatoms. The van der Waals surface area contributed by atoms with Gasteiger partial charge in [0.2, 0.25) is 0 Å². The van der Waals surface area contributed by atoms with Gasteiger partial charge < -0.3 is 18.8 Å². The van der Waals surface area contributed by atoms with E-state index in [1.165, 1.54) is 12.0 Å². The Bertz CT molecular complexity index is 1690. The minimum atomic E-state index is -0.661. The number of nitrogens with zero attached hydrogens (tertiary/aromatic N) is 1. The summed E-state index contributed by atoms with van der Waals surface area (Å²) in [6.07, 6.45) is 0.741. The molecule has 1 aliphatic rings. The van der Waals surface area contributed by atoms with Crippen molar-refractivity contribution in [3.8, 4) is 10.4 Å². The second-order valence-corrected chi connectivity index (χ2v) is 11.0. The number of aromatic nitrogens is 1. The monoisotopic (exact) mass is 551 g/mol. The number of hydrogen-bond donors (Lipinski definition) is 0. The lowest BCUT2D eigenvalue weighted by molar-refractivity contribution is -0.0290. The maximum Gasteiger partial charge on any atom is 0.338 e. The molecule has 0 aliphatic carbocycles. The molecule has 202 valence electrons. The molecule has 6 rings (SSSR count). The van der Waals surface area contributed by atoms with E-state index in [-0.39, 0.29) is 0 Å². The van der Waals surface area contributed by atoms with Gasteiger partial charge in [-0.05, 0) is 61.2 Å². The highest BCUT2D eigenvalue weighted by Crippen LogP contribution is 2.44. The molecule has 1 saturated heterocycles. The Morgan fingerprint density at radius 2 is 1.73 bits per heavy atom. The molecule has 0 spiro atoms. The summed E-state index contributed by atoms with van der Waals surface area (Å²) >= 11 is 1.70. The Morgan fingerprint density at radius 1 is 0.925 bits per heavy atom. The highest BCUT2D eigenvalue weighted by Gasteiger charge is 2.42. The molecule has 1 aliphatic heterocycles. The fourth-order valence-electron chi connectivity index (χ4n) is 5.39. The molecule has 0 radical (unpaired) electrons. The number of carbonyl (C=O) groups excluding carboxylic acids is 2. The summed E-state index contributed by atoms with van der Waals surface area (Å²) in [5.74, 6) is -0.887. The van der Waals surface area contributed by atoms with Crippen molar-refractivity contribution in [3.63, 3.8) is 0 Å². The van der Waals surface area contributed by atoms with Gasteiger partial charge in [-0.1, -0.05) is 53.6 Å². The van der Waals surface area contributed by atoms with Gasteiger partial charge in [0.1, 0.15) is 18.4 Å². The van der Waals surface area contributed by atoms with Gasteiger partial charge in [0.25, 0.3) is 0 Å². The second kappa shape index (κ2) is 10.8. The third-order valence-electron chi connectivity index (χ3n) is 7.40. The standard InChI is InChI=1S/C33H29NO5S/c1-20-9-12-22(13-10-20)32(35)38-28-19-30(39-31(28)26-18-21(2)11-14-25(26)33(36)37-3)34-16-15-23-24(6-4-7-27(23)34)29-8-5-17-40-29/h4-18,28,30-31H,19H2,1-3H3/t28-,30+,31+/m0/s1. The van der Waals surface area contributed by atoms with Crippen LogP contribution in [0.1, 0.15) is 56.2 Å². The van der Waals surface area contributed by atoms with E-state index in [0.717, 1.165) is 27.6 Å². The average Bonchev–Trinajstić information content (AvgIpc) is 3.73. The second-order valence-electron chi connectivity index (χ2n) is 10.1. The predicted octanol–water partition coefficient (Wildman–Crippen LogP) is 7.66. The Labute approximate surface area is 236 Å². The molecular weight excluding hydrogens is 522 g/mol. The Morgan fingerprint density at radius 3 is 2.48 bits per heavy atom. The normalized spacial score (nSPS) is 18.6. The Balaban J connectivity index is 1.39. The van der Waals surface area contributed by atoms with Gasteiger partial charge in [0.05, 0.1) is 23.8 Å². The van der Waals surface area contributed by atoms with Crippen LogP contribution in [0.5, 0.6) is 0 Å². The lowest BCUT2D eigenvalue weighted by Crippen LogP contribution is -2.23. The zero-order chi connectivity index (χ0) is 27.8. The van der Waals surface area contributed by atoms with E-state index in [9.17, 15) is 9.59 Å². The number of rotatable bonds is 6. The van der Waals surface area contributed by atoms with Crippen molar-refractivity contribution < 1.29 is 23.8 Å². The van der Waals surface area contributed by atoms with E-state index in [1.54, 1.807) is 29.5 Å². The summed E-state index contributed by atoms with van der Waals surface area (Å²) in [4.78, 5) is 27.2. The molecule has 0 N–H and O–H groups in total. The summed E-state index contributed by atoms with van der Waals surface area (Å²) in [7, 11) is 1.36. The zero-order valence-electron chi connectivity index (χ0n) is 22.5. The van der Waals surface area contributed by atoms with Crippen LogP contribution >= 0.6 is 11.3 Å². The van der Waals surface area contributed by atoms with E-state index in [2.05, 4.69) is 34.2 Å². The van der Waals surface area contributed by atoms with Crippen molar-refractivity contribution in [1.29, 1.82) is 0 Å². The Kier molecular flexibility index (Phi) is 7.00. The van der Waals surface area contributed by atoms with Gasteiger partial charge >= 0.3 is 11.9 Å². The maximum absolute atomic E-state index is 13.2. The molecule has 1 fully saturated rings. The lowest BCUT2D eigenvalue weighted by Gasteiger charge is -2.22. The molecule has 40 heavy (non-hydrogen) atoms. The maximum atomic E-state index is 13.2. The molecule has 5 aromatic rings. The molecule has 3 atom stereocenters. The molecule has 6 nitrogen and oxygen atoms in total. The lowest BCUT2D eigenvalue weighted by atomic mass is 9.96. The van der Waals surface area contributed by atoms with E-state index < -0.39 is 30.4 Å². The SMILES string of the molecule is COC(=O)c1ccc(C)cc1[C@H]1O[C@@H](n2ccc3c(-c4cccs4)cccc32)C[C@@H]1OC(=O)c1ccc(C)cc1. The van der Waals surface area contributed by atoms with Gasteiger partial charge in [-0.3, -0.25) is 0 Å². The van der Waals surface area contributed by atoms with Gasteiger partial charge in [-0.15, -0.1) is 11.3 Å². The van der Waals surface area contributed by atoms with E-state index >= 15 is 0 Å². The van der Waals surface area contributed by atoms with Crippen LogP contribution in [0.3, 0.4) is 0 Å². The highest BCUT2D eigenvalue weighted by molar-refractivity contribution is 7.13. The first-order valence-electron chi connectivity index (χ1n) is 13.2. The first kappa shape index (κ1) is 26.0.